The van der Waals surface area contributed by atoms with Crippen molar-refractivity contribution in [2.75, 3.05) is 27.2 Å². The van der Waals surface area contributed by atoms with Gasteiger partial charge in [-0.3, -0.25) is 0 Å². The lowest BCUT2D eigenvalue weighted by atomic mass is 9.93. The topological polar surface area (TPSA) is 72.9 Å². The van der Waals surface area contributed by atoms with Crippen molar-refractivity contribution in [1.82, 2.24) is 15.1 Å². The Morgan fingerprint density at radius 1 is 1.37 bits per heavy atom. The first-order chi connectivity index (χ1) is 8.86. The van der Waals surface area contributed by atoms with Gasteiger partial charge in [0, 0.05) is 19.1 Å². The Morgan fingerprint density at radius 2 is 1.95 bits per heavy atom. The molecule has 6 nitrogen and oxygen atoms in total. The Morgan fingerprint density at radius 3 is 2.32 bits per heavy atom. The molecule has 2 amide bonds. The molecule has 0 aromatic heterocycles. The number of likely N-dealkylation sites (N-methyl/N-ethyl adjacent to an activating group) is 1. The quantitative estimate of drug-likeness (QED) is 0.781. The van der Waals surface area contributed by atoms with E-state index in [4.69, 9.17) is 0 Å². The molecular formula is C13H25N3O3. The molecule has 0 aromatic carbocycles. The zero-order chi connectivity index (χ0) is 14.6. The monoisotopic (exact) mass is 271 g/mol. The van der Waals surface area contributed by atoms with E-state index in [1.807, 2.05) is 14.1 Å². The van der Waals surface area contributed by atoms with Crippen molar-refractivity contribution in [3.05, 3.63) is 0 Å². The second-order valence-electron chi connectivity index (χ2n) is 5.38. The molecule has 2 N–H and O–H groups in total. The fourth-order valence-electron chi connectivity index (χ4n) is 2.41. The summed E-state index contributed by atoms with van der Waals surface area (Å²) < 4.78 is 0. The van der Waals surface area contributed by atoms with Crippen LogP contribution in [-0.2, 0) is 4.79 Å². The van der Waals surface area contributed by atoms with Crippen LogP contribution in [0.1, 0.15) is 33.1 Å². The van der Waals surface area contributed by atoms with Gasteiger partial charge in [-0.2, -0.15) is 0 Å². The minimum absolute atomic E-state index is 0.268. The second-order valence-corrected chi connectivity index (χ2v) is 5.38. The average Bonchev–Trinajstić information content (AvgIpc) is 2.85. The summed E-state index contributed by atoms with van der Waals surface area (Å²) in [5.74, 6) is -0.964. The third-order valence-electron chi connectivity index (χ3n) is 4.14. The molecular weight excluding hydrogens is 246 g/mol. The number of nitrogens with zero attached hydrogens (tertiary/aromatic N) is 2. The summed E-state index contributed by atoms with van der Waals surface area (Å²) in [5.41, 5.74) is -1.15. The molecule has 0 aromatic rings. The minimum atomic E-state index is -1.15. The minimum Gasteiger partial charge on any atom is -0.480 e. The van der Waals surface area contributed by atoms with Gasteiger partial charge in [0.05, 0.1) is 0 Å². The molecule has 6 heteroatoms. The van der Waals surface area contributed by atoms with E-state index in [1.54, 1.807) is 18.7 Å². The first kappa shape index (κ1) is 15.8. The number of carbonyl (C=O) groups excluding carboxylic acids is 1. The predicted molar refractivity (Wildman–Crippen MR) is 73.1 cm³/mol. The van der Waals surface area contributed by atoms with Crippen molar-refractivity contribution >= 4 is 12.0 Å². The lowest BCUT2D eigenvalue weighted by Crippen LogP contribution is -2.57. The first-order valence-electron chi connectivity index (χ1n) is 6.83. The fraction of sp³-hybridized carbons (Fsp3) is 0.846. The van der Waals surface area contributed by atoms with Crippen LogP contribution < -0.4 is 5.32 Å². The van der Waals surface area contributed by atoms with Crippen LogP contribution >= 0.6 is 0 Å². The summed E-state index contributed by atoms with van der Waals surface area (Å²) in [4.78, 5) is 27.3. The van der Waals surface area contributed by atoms with Gasteiger partial charge in [-0.1, -0.05) is 13.8 Å². The van der Waals surface area contributed by atoms with Crippen molar-refractivity contribution in [2.24, 2.45) is 0 Å². The molecule has 1 aliphatic heterocycles. The lowest BCUT2D eigenvalue weighted by Gasteiger charge is -2.30. The number of amides is 2. The van der Waals surface area contributed by atoms with Crippen LogP contribution in [0.15, 0.2) is 0 Å². The zero-order valence-corrected chi connectivity index (χ0v) is 12.3. The van der Waals surface area contributed by atoms with E-state index in [9.17, 15) is 14.7 Å². The van der Waals surface area contributed by atoms with Crippen molar-refractivity contribution in [3.8, 4) is 0 Å². The van der Waals surface area contributed by atoms with Crippen LogP contribution in [0.5, 0.6) is 0 Å². The molecule has 1 aliphatic rings. The van der Waals surface area contributed by atoms with Gasteiger partial charge in [-0.25, -0.2) is 9.59 Å². The van der Waals surface area contributed by atoms with Gasteiger partial charge >= 0.3 is 12.0 Å². The normalized spacial score (nSPS) is 19.8. The highest BCUT2D eigenvalue weighted by molar-refractivity contribution is 5.86. The maximum Gasteiger partial charge on any atom is 0.329 e. The highest BCUT2D eigenvalue weighted by Gasteiger charge is 2.38. The SMILES string of the molecule is CCC(CC)(NC(=O)N1CCC(N(C)C)C1)C(=O)O. The summed E-state index contributed by atoms with van der Waals surface area (Å²) >= 11 is 0. The summed E-state index contributed by atoms with van der Waals surface area (Å²) in [7, 11) is 3.98. The second kappa shape index (κ2) is 6.23. The third-order valence-corrected chi connectivity index (χ3v) is 4.14. The van der Waals surface area contributed by atoms with Crippen LogP contribution in [0.2, 0.25) is 0 Å². The highest BCUT2D eigenvalue weighted by Crippen LogP contribution is 2.18. The number of likely N-dealkylation sites (tertiary alicyclic amines) is 1. The van der Waals surface area contributed by atoms with Crippen molar-refractivity contribution in [3.63, 3.8) is 0 Å². The fourth-order valence-corrected chi connectivity index (χ4v) is 2.41. The van der Waals surface area contributed by atoms with Gasteiger partial charge in [0.25, 0.3) is 0 Å². The summed E-state index contributed by atoms with van der Waals surface area (Å²) in [6.45, 7) is 4.90. The number of carboxylic acid groups (broad SMARTS) is 1. The number of hydrogen-bond donors (Lipinski definition) is 2. The van der Waals surface area contributed by atoms with Gasteiger partial charge in [0.2, 0.25) is 0 Å². The molecule has 1 rings (SSSR count). The van der Waals surface area contributed by atoms with Gasteiger partial charge in [-0.15, -0.1) is 0 Å². The molecule has 1 heterocycles. The standard InChI is InChI=1S/C13H25N3O3/c1-5-13(6-2,11(17)18)14-12(19)16-8-7-10(9-16)15(3)4/h10H,5-9H2,1-4H3,(H,14,19)(H,17,18). The van der Waals surface area contributed by atoms with Crippen LogP contribution in [-0.4, -0.2) is 65.7 Å². The lowest BCUT2D eigenvalue weighted by molar-refractivity contribution is -0.144. The van der Waals surface area contributed by atoms with E-state index < -0.39 is 11.5 Å². The molecule has 0 radical (unpaired) electrons. The van der Waals surface area contributed by atoms with Crippen molar-refractivity contribution in [1.29, 1.82) is 0 Å². The van der Waals surface area contributed by atoms with E-state index in [0.717, 1.165) is 6.42 Å². The smallest absolute Gasteiger partial charge is 0.329 e. The van der Waals surface area contributed by atoms with Gasteiger partial charge < -0.3 is 20.2 Å². The number of rotatable bonds is 5. The molecule has 1 saturated heterocycles. The number of urea groups is 1. The van der Waals surface area contributed by atoms with Crippen LogP contribution in [0.3, 0.4) is 0 Å². The molecule has 0 spiro atoms. The molecule has 0 saturated carbocycles. The number of carboxylic acids is 1. The van der Waals surface area contributed by atoms with E-state index in [1.165, 1.54) is 0 Å². The first-order valence-corrected chi connectivity index (χ1v) is 6.83. The average molecular weight is 271 g/mol. The summed E-state index contributed by atoms with van der Waals surface area (Å²) in [6.07, 6.45) is 1.70. The molecule has 0 bridgehead atoms. The Bertz CT molecular complexity index is 340. The maximum absolute atomic E-state index is 12.2. The molecule has 1 atom stereocenters. The Labute approximate surface area is 114 Å². The Balaban J connectivity index is 2.67. The van der Waals surface area contributed by atoms with Crippen LogP contribution in [0, 0.1) is 0 Å². The Kier molecular flexibility index (Phi) is 5.17. The largest absolute Gasteiger partial charge is 0.480 e. The van der Waals surface area contributed by atoms with E-state index in [-0.39, 0.29) is 6.03 Å². The van der Waals surface area contributed by atoms with Crippen LogP contribution in [0.4, 0.5) is 4.79 Å². The Hall–Kier alpha value is -1.30. The molecule has 110 valence electrons. The summed E-state index contributed by atoms with van der Waals surface area (Å²) in [6, 6.07) is 0.0867. The molecule has 1 fully saturated rings. The molecule has 1 unspecified atom stereocenters. The van der Waals surface area contributed by atoms with Crippen LogP contribution in [0.25, 0.3) is 0 Å². The van der Waals surface area contributed by atoms with E-state index >= 15 is 0 Å². The van der Waals surface area contributed by atoms with E-state index in [2.05, 4.69) is 10.2 Å². The molecule has 19 heavy (non-hydrogen) atoms. The molecule has 0 aliphatic carbocycles. The number of nitrogens with one attached hydrogen (secondary N) is 1. The summed E-state index contributed by atoms with van der Waals surface area (Å²) in [5, 5.41) is 12.0. The third kappa shape index (κ3) is 3.37. The van der Waals surface area contributed by atoms with E-state index in [0.29, 0.717) is 32.0 Å². The highest BCUT2D eigenvalue weighted by atomic mass is 16.4. The number of hydrogen-bond acceptors (Lipinski definition) is 3. The van der Waals surface area contributed by atoms with Gasteiger partial charge in [0.1, 0.15) is 5.54 Å². The maximum atomic E-state index is 12.2. The van der Waals surface area contributed by atoms with Crippen molar-refractivity contribution < 1.29 is 14.7 Å². The van der Waals surface area contributed by atoms with Crippen molar-refractivity contribution in [2.45, 2.75) is 44.7 Å². The zero-order valence-electron chi connectivity index (χ0n) is 12.3. The van der Waals surface area contributed by atoms with Gasteiger partial charge in [0.15, 0.2) is 0 Å². The predicted octanol–water partition coefficient (Wildman–Crippen LogP) is 0.975. The number of carbonyl (C=O) groups is 2. The van der Waals surface area contributed by atoms with Gasteiger partial charge in [-0.05, 0) is 33.4 Å². The number of aliphatic carboxylic acids is 1.